The fourth-order valence-corrected chi connectivity index (χ4v) is 3.29. The van der Waals surface area contributed by atoms with Gasteiger partial charge >= 0.3 is 0 Å². The highest BCUT2D eigenvalue weighted by atomic mass is 32.1. The molecule has 7 heteroatoms. The lowest BCUT2D eigenvalue weighted by Gasteiger charge is -2.32. The smallest absolute Gasteiger partial charge is 0.267 e. The number of rotatable bonds is 4. The number of aromatic nitrogens is 1. The van der Waals surface area contributed by atoms with Gasteiger partial charge in [0.2, 0.25) is 0 Å². The Balaban J connectivity index is 2.11. The van der Waals surface area contributed by atoms with Crippen molar-refractivity contribution < 1.29 is 4.79 Å². The second kappa shape index (κ2) is 6.44. The van der Waals surface area contributed by atoms with Crippen LogP contribution in [0.2, 0.25) is 0 Å². The second-order valence-electron chi connectivity index (χ2n) is 5.62. The summed E-state index contributed by atoms with van der Waals surface area (Å²) in [6.45, 7) is 10.1. The summed E-state index contributed by atoms with van der Waals surface area (Å²) in [7, 11) is 3.86. The standard InChI is InChI=1S/C14H23N5OS/c1-10(2)9-18(4)13(20)11-12(15)16-14(21-11)19-7-5-17(3)6-8-19/h1,5-9,15H2,2-4H3. The zero-order valence-corrected chi connectivity index (χ0v) is 13.7. The van der Waals surface area contributed by atoms with Gasteiger partial charge in [-0.3, -0.25) is 4.79 Å². The van der Waals surface area contributed by atoms with Gasteiger partial charge in [0.05, 0.1) is 0 Å². The largest absolute Gasteiger partial charge is 0.382 e. The molecule has 1 aromatic heterocycles. The number of anilines is 2. The van der Waals surface area contributed by atoms with Gasteiger partial charge in [-0.15, -0.1) is 0 Å². The second-order valence-corrected chi connectivity index (χ2v) is 6.60. The fourth-order valence-electron chi connectivity index (χ4n) is 2.26. The molecule has 0 aromatic carbocycles. The molecule has 0 bridgehead atoms. The van der Waals surface area contributed by atoms with E-state index in [1.54, 1.807) is 11.9 Å². The molecule has 0 unspecified atom stereocenters. The van der Waals surface area contributed by atoms with Gasteiger partial charge in [0.15, 0.2) is 5.13 Å². The minimum absolute atomic E-state index is 0.0895. The summed E-state index contributed by atoms with van der Waals surface area (Å²) in [5, 5.41) is 0.840. The van der Waals surface area contributed by atoms with E-state index >= 15 is 0 Å². The number of hydrogen-bond donors (Lipinski definition) is 1. The average Bonchev–Trinajstić information content (AvgIpc) is 2.80. The van der Waals surface area contributed by atoms with Crippen molar-refractivity contribution in [3.63, 3.8) is 0 Å². The number of nitrogen functional groups attached to an aromatic ring is 1. The topological polar surface area (TPSA) is 65.7 Å². The lowest BCUT2D eigenvalue weighted by molar-refractivity contribution is 0.0812. The maximum atomic E-state index is 12.4. The van der Waals surface area contributed by atoms with Crippen LogP contribution in [-0.2, 0) is 0 Å². The molecule has 1 amide bonds. The predicted octanol–water partition coefficient (Wildman–Crippen LogP) is 1.13. The zero-order chi connectivity index (χ0) is 15.6. The zero-order valence-electron chi connectivity index (χ0n) is 12.9. The Hall–Kier alpha value is -1.60. The van der Waals surface area contributed by atoms with Crippen LogP contribution in [0.4, 0.5) is 10.9 Å². The molecule has 6 nitrogen and oxygen atoms in total. The Morgan fingerprint density at radius 1 is 1.43 bits per heavy atom. The van der Waals surface area contributed by atoms with Gasteiger partial charge in [0.25, 0.3) is 5.91 Å². The summed E-state index contributed by atoms with van der Waals surface area (Å²) < 4.78 is 0. The molecule has 21 heavy (non-hydrogen) atoms. The predicted molar refractivity (Wildman–Crippen MR) is 88.0 cm³/mol. The van der Waals surface area contributed by atoms with Crippen molar-refractivity contribution in [2.75, 3.05) is 57.5 Å². The van der Waals surface area contributed by atoms with E-state index in [9.17, 15) is 4.79 Å². The van der Waals surface area contributed by atoms with Crippen molar-refractivity contribution in [2.45, 2.75) is 6.92 Å². The molecule has 0 spiro atoms. The molecule has 1 aliphatic rings. The summed E-state index contributed by atoms with van der Waals surface area (Å²) in [6, 6.07) is 0. The first-order valence-corrected chi connectivity index (χ1v) is 7.79. The van der Waals surface area contributed by atoms with Crippen LogP contribution < -0.4 is 10.6 Å². The Bertz CT molecular complexity index is 533. The number of carbonyl (C=O) groups is 1. The normalized spacial score (nSPS) is 16.0. The van der Waals surface area contributed by atoms with Crippen LogP contribution in [0, 0.1) is 0 Å². The first kappa shape index (κ1) is 15.8. The molecule has 2 rings (SSSR count). The van der Waals surface area contributed by atoms with Crippen molar-refractivity contribution in [1.29, 1.82) is 0 Å². The molecule has 116 valence electrons. The fraction of sp³-hybridized carbons (Fsp3) is 0.571. The van der Waals surface area contributed by atoms with Crippen molar-refractivity contribution in [1.82, 2.24) is 14.8 Å². The van der Waals surface area contributed by atoms with Crippen LogP contribution >= 0.6 is 11.3 Å². The molecule has 0 atom stereocenters. The van der Waals surface area contributed by atoms with E-state index in [0.29, 0.717) is 17.2 Å². The number of amides is 1. The Morgan fingerprint density at radius 2 is 2.05 bits per heavy atom. The Labute approximate surface area is 129 Å². The molecule has 1 saturated heterocycles. The molecule has 0 aliphatic carbocycles. The lowest BCUT2D eigenvalue weighted by atomic mass is 10.3. The molecule has 0 saturated carbocycles. The van der Waals surface area contributed by atoms with Crippen LogP contribution in [-0.4, -0.2) is 67.5 Å². The number of carbonyl (C=O) groups excluding carboxylic acids is 1. The number of hydrogen-bond acceptors (Lipinski definition) is 6. The summed E-state index contributed by atoms with van der Waals surface area (Å²) in [6.07, 6.45) is 0. The summed E-state index contributed by atoms with van der Waals surface area (Å²) >= 11 is 1.38. The van der Waals surface area contributed by atoms with E-state index in [-0.39, 0.29) is 5.91 Å². The van der Waals surface area contributed by atoms with E-state index < -0.39 is 0 Å². The molecule has 2 N–H and O–H groups in total. The van der Waals surface area contributed by atoms with Crippen LogP contribution in [0.15, 0.2) is 12.2 Å². The first-order valence-electron chi connectivity index (χ1n) is 6.98. The summed E-state index contributed by atoms with van der Waals surface area (Å²) in [5.41, 5.74) is 6.88. The van der Waals surface area contributed by atoms with Gasteiger partial charge in [-0.25, -0.2) is 4.98 Å². The van der Waals surface area contributed by atoms with Gasteiger partial charge in [-0.1, -0.05) is 23.5 Å². The van der Waals surface area contributed by atoms with E-state index in [0.717, 1.165) is 36.9 Å². The monoisotopic (exact) mass is 309 g/mol. The number of nitrogens with two attached hydrogens (primary N) is 1. The first-order chi connectivity index (χ1) is 9.88. The third-order valence-electron chi connectivity index (χ3n) is 3.46. The summed E-state index contributed by atoms with van der Waals surface area (Å²) in [4.78, 5) is 23.4. The van der Waals surface area contributed by atoms with Gasteiger partial charge in [0.1, 0.15) is 10.7 Å². The number of nitrogens with zero attached hydrogens (tertiary/aromatic N) is 4. The highest BCUT2D eigenvalue weighted by molar-refractivity contribution is 7.18. The van der Waals surface area contributed by atoms with Gasteiger partial charge in [0, 0.05) is 39.8 Å². The minimum Gasteiger partial charge on any atom is -0.382 e. The van der Waals surface area contributed by atoms with E-state index in [1.165, 1.54) is 11.3 Å². The van der Waals surface area contributed by atoms with Crippen LogP contribution in [0.5, 0.6) is 0 Å². The average molecular weight is 309 g/mol. The summed E-state index contributed by atoms with van der Waals surface area (Å²) in [5.74, 6) is 0.237. The van der Waals surface area contributed by atoms with Crippen LogP contribution in [0.3, 0.4) is 0 Å². The number of piperazine rings is 1. The maximum Gasteiger partial charge on any atom is 0.267 e. The van der Waals surface area contributed by atoms with E-state index in [1.807, 2.05) is 6.92 Å². The van der Waals surface area contributed by atoms with Crippen molar-refractivity contribution >= 4 is 28.2 Å². The Morgan fingerprint density at radius 3 is 2.62 bits per heavy atom. The number of thiazole rings is 1. The molecular formula is C14H23N5OS. The molecule has 2 heterocycles. The molecule has 1 aliphatic heterocycles. The van der Waals surface area contributed by atoms with Crippen LogP contribution in [0.1, 0.15) is 16.6 Å². The molecule has 1 aromatic rings. The van der Waals surface area contributed by atoms with Crippen molar-refractivity contribution in [3.8, 4) is 0 Å². The minimum atomic E-state index is -0.0895. The third kappa shape index (κ3) is 3.74. The SMILES string of the molecule is C=C(C)CN(C)C(=O)c1sc(N2CCN(C)CC2)nc1N. The van der Waals surface area contributed by atoms with Gasteiger partial charge in [-0.05, 0) is 14.0 Å². The number of likely N-dealkylation sites (N-methyl/N-ethyl adjacent to an activating group) is 2. The highest BCUT2D eigenvalue weighted by Crippen LogP contribution is 2.29. The Kier molecular flexibility index (Phi) is 4.84. The molecular weight excluding hydrogens is 286 g/mol. The lowest BCUT2D eigenvalue weighted by Crippen LogP contribution is -2.44. The van der Waals surface area contributed by atoms with Crippen molar-refractivity contribution in [3.05, 3.63) is 17.0 Å². The molecule has 1 fully saturated rings. The van der Waals surface area contributed by atoms with Gasteiger partial charge in [-0.2, -0.15) is 0 Å². The van der Waals surface area contributed by atoms with Gasteiger partial charge < -0.3 is 20.4 Å². The third-order valence-corrected chi connectivity index (χ3v) is 4.58. The van der Waals surface area contributed by atoms with E-state index in [4.69, 9.17) is 5.73 Å². The highest BCUT2D eigenvalue weighted by Gasteiger charge is 2.23. The van der Waals surface area contributed by atoms with Crippen LogP contribution in [0.25, 0.3) is 0 Å². The quantitative estimate of drug-likeness (QED) is 0.845. The van der Waals surface area contributed by atoms with Crippen molar-refractivity contribution in [2.24, 2.45) is 0 Å². The molecule has 0 radical (unpaired) electrons. The maximum absolute atomic E-state index is 12.4. The van der Waals surface area contributed by atoms with E-state index in [2.05, 4.69) is 28.4 Å².